The van der Waals surface area contributed by atoms with Gasteiger partial charge in [-0.2, -0.15) is 0 Å². The van der Waals surface area contributed by atoms with Crippen molar-refractivity contribution in [2.75, 3.05) is 0 Å². The first-order valence-electron chi connectivity index (χ1n) is 5.57. The van der Waals surface area contributed by atoms with E-state index >= 15 is 0 Å². The van der Waals surface area contributed by atoms with E-state index in [0.717, 1.165) is 0 Å². The highest BCUT2D eigenvalue weighted by Crippen LogP contribution is 2.41. The van der Waals surface area contributed by atoms with Crippen molar-refractivity contribution in [2.45, 2.75) is 52.4 Å². The summed E-state index contributed by atoms with van der Waals surface area (Å²) >= 11 is 0. The quantitative estimate of drug-likeness (QED) is 0.659. The molecule has 0 saturated carbocycles. The van der Waals surface area contributed by atoms with Crippen LogP contribution in [-0.4, -0.2) is 0 Å². The maximum atomic E-state index is 12.0. The highest BCUT2D eigenvalue weighted by atomic mass is 16.3. The summed E-state index contributed by atoms with van der Waals surface area (Å²) in [6.45, 7) is 11.7. The van der Waals surface area contributed by atoms with Crippen LogP contribution < -0.4 is 5.11 Å². The van der Waals surface area contributed by atoms with E-state index in [4.69, 9.17) is 0 Å². The fraction of sp³-hybridized carbons (Fsp3) is 0.571. The van der Waals surface area contributed by atoms with Crippen molar-refractivity contribution in [3.05, 3.63) is 23.3 Å². The number of hydrogen-bond acceptors (Lipinski definition) is 1. The van der Waals surface area contributed by atoms with Crippen molar-refractivity contribution in [3.63, 3.8) is 0 Å². The van der Waals surface area contributed by atoms with Gasteiger partial charge < -0.3 is 5.11 Å². The molecule has 0 bridgehead atoms. The molecule has 0 spiro atoms. The van der Waals surface area contributed by atoms with Crippen molar-refractivity contribution in [2.24, 2.45) is 0 Å². The summed E-state index contributed by atoms with van der Waals surface area (Å²) in [6, 6.07) is 3.59. The van der Waals surface area contributed by atoms with Gasteiger partial charge in [0.25, 0.3) is 0 Å². The van der Waals surface area contributed by atoms with Crippen LogP contribution in [0.15, 0.2) is 12.1 Å². The third-order valence-corrected chi connectivity index (χ3v) is 2.73. The molecule has 1 aromatic rings. The van der Waals surface area contributed by atoms with Crippen LogP contribution in [-0.2, 0) is 15.9 Å². The van der Waals surface area contributed by atoms with Crippen LogP contribution in [0.3, 0.4) is 0 Å². The Hall–Kier alpha value is -1.18. The second kappa shape index (κ2) is 3.69. The highest BCUT2D eigenvalue weighted by molar-refractivity contribution is 5.53. The summed E-state index contributed by atoms with van der Waals surface area (Å²) in [4.78, 5) is 0. The maximum absolute atomic E-state index is 12.0. The summed E-state index contributed by atoms with van der Waals surface area (Å²) in [6.07, 6.45) is 0. The Kier molecular flexibility index (Phi) is 2.97. The molecule has 2 nitrogen and oxygen atoms in total. The van der Waals surface area contributed by atoms with E-state index in [2.05, 4.69) is 0 Å². The van der Waals surface area contributed by atoms with Crippen LogP contribution in [0.1, 0.15) is 52.7 Å². The van der Waals surface area contributed by atoms with Crippen molar-refractivity contribution in [3.8, 4) is 11.5 Å². The molecule has 0 N–H and O–H groups in total. The summed E-state index contributed by atoms with van der Waals surface area (Å²) in [5, 5.41) is 23.9. The molecule has 2 heteroatoms. The van der Waals surface area contributed by atoms with Crippen LogP contribution in [0.2, 0.25) is 0 Å². The highest BCUT2D eigenvalue weighted by Gasteiger charge is 2.23. The molecule has 0 fully saturated rings. The Balaban J connectivity index is 3.41. The second-order valence-corrected chi connectivity index (χ2v) is 6.32. The van der Waals surface area contributed by atoms with Crippen LogP contribution in [0.25, 0.3) is 0 Å². The second-order valence-electron chi connectivity index (χ2n) is 6.32. The zero-order valence-corrected chi connectivity index (χ0v) is 11.0. The minimum Gasteiger partial charge on any atom is -0.870 e. The molecular formula is C14H20O2-. The zero-order chi connectivity index (χ0) is 12.7. The van der Waals surface area contributed by atoms with Gasteiger partial charge in [0.2, 0.25) is 0 Å². The van der Waals surface area contributed by atoms with Gasteiger partial charge >= 0.3 is 0 Å². The average molecular weight is 220 g/mol. The van der Waals surface area contributed by atoms with Gasteiger partial charge in [-0.05, 0) is 16.4 Å². The van der Waals surface area contributed by atoms with Gasteiger partial charge in [-0.25, -0.2) is 0 Å². The van der Waals surface area contributed by atoms with E-state index in [1.807, 2.05) is 41.5 Å². The molecule has 89 valence electrons. The number of hydrogen-bond donors (Lipinski definition) is 0. The largest absolute Gasteiger partial charge is 0.870 e. The molecule has 0 aliphatic carbocycles. The lowest BCUT2D eigenvalue weighted by molar-refractivity contribution is -0.272. The molecule has 0 aliphatic heterocycles. The Bertz CT molecular complexity index is 353. The van der Waals surface area contributed by atoms with Crippen LogP contribution >= 0.6 is 0 Å². The lowest BCUT2D eigenvalue weighted by atomic mass is 9.81. The molecule has 0 heterocycles. The van der Waals surface area contributed by atoms with Crippen molar-refractivity contribution < 1.29 is 10.2 Å². The third-order valence-electron chi connectivity index (χ3n) is 2.73. The van der Waals surface area contributed by atoms with Crippen LogP contribution in [0.5, 0.6) is 11.5 Å². The predicted molar refractivity (Wildman–Crippen MR) is 63.4 cm³/mol. The summed E-state index contributed by atoms with van der Waals surface area (Å²) in [5.74, 6) is -0.695. The average Bonchev–Trinajstić information content (AvgIpc) is 2.05. The maximum Gasteiger partial charge on any atom is 0.174 e. The number of rotatable bonds is 0. The van der Waals surface area contributed by atoms with E-state index in [-0.39, 0.29) is 22.3 Å². The molecule has 1 aromatic carbocycles. The van der Waals surface area contributed by atoms with E-state index < -0.39 is 0 Å². The van der Waals surface area contributed by atoms with Crippen LogP contribution in [0.4, 0.5) is 0 Å². The molecule has 0 atom stereocenters. The zero-order valence-electron chi connectivity index (χ0n) is 11.0. The Morgan fingerprint density at radius 3 is 1.62 bits per heavy atom. The van der Waals surface area contributed by atoms with Gasteiger partial charge in [-0.3, -0.25) is 5.11 Å². The topological polar surface area (TPSA) is 43.0 Å². The van der Waals surface area contributed by atoms with Crippen molar-refractivity contribution in [1.82, 2.24) is 0 Å². The number of benzene rings is 1. The fourth-order valence-corrected chi connectivity index (χ4v) is 1.74. The van der Waals surface area contributed by atoms with Crippen molar-refractivity contribution in [1.29, 1.82) is 0 Å². The van der Waals surface area contributed by atoms with E-state index in [1.54, 1.807) is 12.1 Å². The molecule has 0 unspecified atom stereocenters. The predicted octanol–water partition coefficient (Wildman–Crippen LogP) is 3.50. The first kappa shape index (κ1) is 12.9. The lowest BCUT2D eigenvalue weighted by Gasteiger charge is -2.29. The van der Waals surface area contributed by atoms with E-state index in [1.165, 1.54) is 0 Å². The Morgan fingerprint density at radius 2 is 1.25 bits per heavy atom. The summed E-state index contributed by atoms with van der Waals surface area (Å²) in [5.41, 5.74) is 0.662. The van der Waals surface area contributed by atoms with Gasteiger partial charge in [-0.15, -0.1) is 0 Å². The molecule has 0 aliphatic rings. The SMILES string of the molecule is CC(C)(C)c1ccc(C(C)(C)C)c([O-])c1[O]. The monoisotopic (exact) mass is 220 g/mol. The van der Waals surface area contributed by atoms with Crippen molar-refractivity contribution >= 4 is 0 Å². The lowest BCUT2D eigenvalue weighted by Crippen LogP contribution is -2.17. The van der Waals surface area contributed by atoms with Gasteiger partial charge in [0.15, 0.2) is 5.75 Å². The summed E-state index contributed by atoms with van der Waals surface area (Å²) < 4.78 is 0. The van der Waals surface area contributed by atoms with Gasteiger partial charge in [0.05, 0.1) is 0 Å². The summed E-state index contributed by atoms with van der Waals surface area (Å²) in [7, 11) is 0. The Labute approximate surface area is 97.9 Å². The first-order chi connectivity index (χ1) is 7.05. The molecule has 1 radical (unpaired) electrons. The standard InChI is InChI=1S/C14H21O2/c1-13(2,3)9-7-8-10(14(4,5)6)12(16)11(9)15/h7-8,15H,1-6H3/p-1. The molecule has 1 rings (SSSR count). The smallest absolute Gasteiger partial charge is 0.174 e. The van der Waals surface area contributed by atoms with Gasteiger partial charge in [0.1, 0.15) is 0 Å². The van der Waals surface area contributed by atoms with Crippen LogP contribution in [0, 0.1) is 0 Å². The molecular weight excluding hydrogens is 200 g/mol. The molecule has 16 heavy (non-hydrogen) atoms. The van der Waals surface area contributed by atoms with Gasteiger partial charge in [-0.1, -0.05) is 59.4 Å². The fourth-order valence-electron chi connectivity index (χ4n) is 1.74. The molecule has 0 saturated heterocycles. The normalized spacial score (nSPS) is 12.9. The van der Waals surface area contributed by atoms with E-state index in [0.29, 0.717) is 11.1 Å². The minimum absolute atomic E-state index is 0.271. The first-order valence-corrected chi connectivity index (χ1v) is 5.57. The molecule has 0 amide bonds. The molecule has 0 aromatic heterocycles. The van der Waals surface area contributed by atoms with Gasteiger partial charge in [0, 0.05) is 5.56 Å². The van der Waals surface area contributed by atoms with E-state index in [9.17, 15) is 10.2 Å². The third kappa shape index (κ3) is 2.31. The Morgan fingerprint density at radius 1 is 0.875 bits per heavy atom. The minimum atomic E-state index is -0.347.